The molecule has 12 heteroatoms. The molecule has 24 heavy (non-hydrogen) atoms. The summed E-state index contributed by atoms with van der Waals surface area (Å²) in [4.78, 5) is 44.2. The van der Waals surface area contributed by atoms with Crippen molar-refractivity contribution in [2.45, 2.75) is 50.3 Å². The second kappa shape index (κ2) is 9.12. The van der Waals surface area contributed by atoms with Crippen LogP contribution in [-0.4, -0.2) is 90.9 Å². The summed E-state index contributed by atoms with van der Waals surface area (Å²) in [7, 11) is 0. The third-order valence-electron chi connectivity index (χ3n) is 2.99. The van der Waals surface area contributed by atoms with Gasteiger partial charge in [-0.25, -0.2) is 0 Å². The molecular weight excluding hydrogens is 332 g/mol. The number of aliphatic hydroxyl groups is 4. The van der Waals surface area contributed by atoms with E-state index in [-0.39, 0.29) is 0 Å². The first kappa shape index (κ1) is 21.7. The Bertz CT molecular complexity index is 452. The third kappa shape index (κ3) is 6.08. The number of hydrogen-bond donors (Lipinski definition) is 8. The Hall–Kier alpha value is -2.28. The number of carbonyl (C=O) groups is 4. The summed E-state index contributed by atoms with van der Waals surface area (Å²) in [5.74, 6) is -5.56. The molecule has 0 aromatic carbocycles. The topological polar surface area (TPSA) is 214 Å². The number of carboxylic acid groups (broad SMARTS) is 2. The lowest BCUT2D eigenvalue weighted by Gasteiger charge is -2.26. The highest BCUT2D eigenvalue weighted by Gasteiger charge is 2.38. The molecule has 0 rings (SSSR count). The third-order valence-corrected chi connectivity index (χ3v) is 2.99. The highest BCUT2D eigenvalue weighted by atomic mass is 16.4. The smallest absolute Gasteiger partial charge is 0.325 e. The van der Waals surface area contributed by atoms with Gasteiger partial charge in [-0.05, 0) is 13.8 Å². The number of amides is 2. The van der Waals surface area contributed by atoms with Crippen LogP contribution in [0.5, 0.6) is 0 Å². The fraction of sp³-hybridized carbons (Fsp3) is 0.667. The molecule has 0 saturated carbocycles. The zero-order chi connectivity index (χ0) is 19.2. The minimum atomic E-state index is -2.35. The van der Waals surface area contributed by atoms with Crippen LogP contribution in [0.15, 0.2) is 0 Å². The molecule has 0 fully saturated rings. The van der Waals surface area contributed by atoms with Gasteiger partial charge in [-0.2, -0.15) is 0 Å². The van der Waals surface area contributed by atoms with Crippen LogP contribution in [-0.2, 0) is 19.2 Å². The quantitative estimate of drug-likeness (QED) is 0.199. The minimum Gasteiger partial charge on any atom is -0.480 e. The first-order valence-corrected chi connectivity index (χ1v) is 6.68. The number of hydrogen-bond acceptors (Lipinski definition) is 8. The van der Waals surface area contributed by atoms with Crippen LogP contribution < -0.4 is 10.6 Å². The van der Waals surface area contributed by atoms with E-state index in [9.17, 15) is 39.6 Å². The normalized spacial score (nSPS) is 18.4. The Morgan fingerprint density at radius 2 is 0.917 bits per heavy atom. The van der Waals surface area contributed by atoms with Gasteiger partial charge in [-0.1, -0.05) is 0 Å². The molecule has 0 radical (unpaired) electrons. The molecule has 0 aromatic heterocycles. The molecule has 12 nitrogen and oxygen atoms in total. The molecule has 0 heterocycles. The molecule has 0 spiro atoms. The largest absolute Gasteiger partial charge is 0.480 e. The van der Waals surface area contributed by atoms with E-state index >= 15 is 0 Å². The van der Waals surface area contributed by atoms with Crippen LogP contribution in [0.4, 0.5) is 0 Å². The second-order valence-electron chi connectivity index (χ2n) is 5.01. The fourth-order valence-electron chi connectivity index (χ4n) is 1.40. The number of nitrogens with one attached hydrogen (secondary N) is 2. The van der Waals surface area contributed by atoms with Gasteiger partial charge in [-0.15, -0.1) is 0 Å². The lowest BCUT2D eigenvalue weighted by molar-refractivity contribution is -0.158. The van der Waals surface area contributed by atoms with Gasteiger partial charge in [-0.3, -0.25) is 19.2 Å². The van der Waals surface area contributed by atoms with E-state index in [1.165, 1.54) is 0 Å². The SMILES string of the molecule is C[C@H](NC(=O)[C@@H](O)[C@@H](O)[C@H](O)[C@@H](O)C(=O)N[C@@H](C)C(=O)O)C(=O)O. The van der Waals surface area contributed by atoms with E-state index < -0.39 is 60.3 Å². The van der Waals surface area contributed by atoms with Crippen molar-refractivity contribution < 1.29 is 49.8 Å². The molecule has 0 bridgehead atoms. The molecule has 0 unspecified atom stereocenters. The molecular formula is C12H20N2O10. The van der Waals surface area contributed by atoms with Crippen molar-refractivity contribution >= 4 is 23.8 Å². The lowest BCUT2D eigenvalue weighted by Crippen LogP contribution is -2.56. The van der Waals surface area contributed by atoms with Gasteiger partial charge < -0.3 is 41.3 Å². The van der Waals surface area contributed by atoms with Crippen molar-refractivity contribution in [1.82, 2.24) is 10.6 Å². The van der Waals surface area contributed by atoms with Crippen molar-refractivity contribution in [1.29, 1.82) is 0 Å². The van der Waals surface area contributed by atoms with Gasteiger partial charge in [0.1, 0.15) is 24.3 Å². The zero-order valence-electron chi connectivity index (χ0n) is 12.8. The minimum absolute atomic E-state index is 1.07. The van der Waals surface area contributed by atoms with Crippen molar-refractivity contribution in [3.8, 4) is 0 Å². The zero-order valence-corrected chi connectivity index (χ0v) is 12.8. The maximum atomic E-state index is 11.5. The number of aliphatic carboxylic acids is 2. The van der Waals surface area contributed by atoms with Gasteiger partial charge in [0, 0.05) is 0 Å². The summed E-state index contributed by atoms with van der Waals surface area (Å²) in [6.07, 6.45) is -9.37. The van der Waals surface area contributed by atoms with E-state index in [0.717, 1.165) is 13.8 Å². The first-order chi connectivity index (χ1) is 10.9. The molecule has 138 valence electrons. The predicted molar refractivity (Wildman–Crippen MR) is 74.5 cm³/mol. The molecule has 8 N–H and O–H groups in total. The monoisotopic (exact) mass is 352 g/mol. The van der Waals surface area contributed by atoms with Crippen LogP contribution in [0.25, 0.3) is 0 Å². The number of aliphatic hydroxyl groups excluding tert-OH is 4. The van der Waals surface area contributed by atoms with E-state index in [1.807, 2.05) is 10.6 Å². The molecule has 0 aliphatic heterocycles. The maximum Gasteiger partial charge on any atom is 0.325 e. The van der Waals surface area contributed by atoms with Gasteiger partial charge >= 0.3 is 11.9 Å². The Balaban J connectivity index is 4.80. The van der Waals surface area contributed by atoms with Crippen LogP contribution in [0.1, 0.15) is 13.8 Å². The Kier molecular flexibility index (Phi) is 8.26. The average Bonchev–Trinajstić information content (AvgIpc) is 2.51. The van der Waals surface area contributed by atoms with Crippen LogP contribution in [0, 0.1) is 0 Å². The van der Waals surface area contributed by atoms with E-state index in [0.29, 0.717) is 0 Å². The van der Waals surface area contributed by atoms with E-state index in [2.05, 4.69) is 0 Å². The Morgan fingerprint density at radius 3 is 1.12 bits per heavy atom. The van der Waals surface area contributed by atoms with Crippen molar-refractivity contribution in [2.24, 2.45) is 0 Å². The van der Waals surface area contributed by atoms with Crippen molar-refractivity contribution in [3.63, 3.8) is 0 Å². The number of carboxylic acids is 2. The summed E-state index contributed by atoms with van der Waals surface area (Å²) in [5.41, 5.74) is 0. The number of rotatable bonds is 9. The predicted octanol–water partition coefficient (Wildman–Crippen LogP) is -4.39. The van der Waals surface area contributed by atoms with Crippen molar-refractivity contribution in [2.75, 3.05) is 0 Å². The molecule has 0 aliphatic rings. The van der Waals surface area contributed by atoms with Crippen LogP contribution in [0.3, 0.4) is 0 Å². The van der Waals surface area contributed by atoms with Crippen LogP contribution in [0.2, 0.25) is 0 Å². The summed E-state index contributed by atoms with van der Waals surface area (Å²) in [6, 6.07) is -2.80. The first-order valence-electron chi connectivity index (χ1n) is 6.68. The van der Waals surface area contributed by atoms with Gasteiger partial charge in [0.15, 0.2) is 12.2 Å². The fourth-order valence-corrected chi connectivity index (χ4v) is 1.40. The molecule has 0 aliphatic carbocycles. The molecule has 0 saturated heterocycles. The average molecular weight is 352 g/mol. The lowest BCUT2D eigenvalue weighted by atomic mass is 10.0. The summed E-state index contributed by atoms with van der Waals surface area (Å²) < 4.78 is 0. The molecule has 2 amide bonds. The highest BCUT2D eigenvalue weighted by molar-refractivity contribution is 5.88. The van der Waals surface area contributed by atoms with E-state index in [1.54, 1.807) is 0 Å². The van der Waals surface area contributed by atoms with Gasteiger partial charge in [0.25, 0.3) is 11.8 Å². The summed E-state index contributed by atoms with van der Waals surface area (Å²) in [6.45, 7) is 2.15. The standard InChI is InChI=1S/C12H20N2O10/c1-3(11(21)22)13-9(19)7(17)5(15)6(16)8(18)10(20)14-4(2)12(23)24/h3-8,15-18H,1-2H3,(H,13,19)(H,14,20)(H,21,22)(H,23,24)/t3-,4-,5-,6-,7-,8+/m0/s1. The van der Waals surface area contributed by atoms with Gasteiger partial charge in [0.05, 0.1) is 0 Å². The highest BCUT2D eigenvalue weighted by Crippen LogP contribution is 2.07. The van der Waals surface area contributed by atoms with Gasteiger partial charge in [0.2, 0.25) is 0 Å². The molecule has 6 atom stereocenters. The number of carbonyl (C=O) groups excluding carboxylic acids is 2. The summed E-state index contributed by atoms with van der Waals surface area (Å²) in [5, 5.41) is 59.1. The summed E-state index contributed by atoms with van der Waals surface area (Å²) >= 11 is 0. The van der Waals surface area contributed by atoms with Crippen molar-refractivity contribution in [3.05, 3.63) is 0 Å². The van der Waals surface area contributed by atoms with Crippen LogP contribution >= 0.6 is 0 Å². The Labute approximate surface area is 135 Å². The maximum absolute atomic E-state index is 11.5. The second-order valence-corrected chi connectivity index (χ2v) is 5.01. The van der Waals surface area contributed by atoms with E-state index in [4.69, 9.17) is 10.2 Å². The Morgan fingerprint density at radius 1 is 0.667 bits per heavy atom. The molecule has 0 aromatic rings.